The van der Waals surface area contributed by atoms with Crippen LogP contribution in [0.25, 0.3) is 10.2 Å². The Morgan fingerprint density at radius 2 is 1.88 bits per heavy atom. The Morgan fingerprint density at radius 1 is 1.16 bits per heavy atom. The molecule has 2 aromatic carbocycles. The van der Waals surface area contributed by atoms with Crippen molar-refractivity contribution in [1.82, 2.24) is 9.88 Å². The lowest BCUT2D eigenvalue weighted by Gasteiger charge is -2.17. The molecule has 0 aliphatic rings. The van der Waals surface area contributed by atoms with E-state index in [0.717, 1.165) is 15.2 Å². The van der Waals surface area contributed by atoms with Gasteiger partial charge in [0.15, 0.2) is 0 Å². The lowest BCUT2D eigenvalue weighted by molar-refractivity contribution is 0.0602. The van der Waals surface area contributed by atoms with Gasteiger partial charge in [-0.2, -0.15) is 0 Å². The second-order valence-corrected chi connectivity index (χ2v) is 6.51. The molecule has 1 aromatic heterocycles. The fraction of sp³-hybridized carbons (Fsp3) is 0.167. The Hall–Kier alpha value is -2.93. The third-order valence-electron chi connectivity index (χ3n) is 3.63. The van der Waals surface area contributed by atoms with Crippen molar-refractivity contribution in [2.45, 2.75) is 6.54 Å². The van der Waals surface area contributed by atoms with E-state index < -0.39 is 5.97 Å². The van der Waals surface area contributed by atoms with Crippen LogP contribution in [0.5, 0.6) is 0 Å². The monoisotopic (exact) mass is 355 g/mol. The summed E-state index contributed by atoms with van der Waals surface area (Å²) in [4.78, 5) is 30.3. The molecule has 1 heterocycles. The van der Waals surface area contributed by atoms with Crippen LogP contribution in [-0.4, -0.2) is 36.0 Å². The van der Waals surface area contributed by atoms with E-state index in [1.807, 2.05) is 24.3 Å². The zero-order chi connectivity index (χ0) is 17.8. The number of nitrogens with zero attached hydrogens (tertiary/aromatic N) is 2. The standard InChI is InChI=1S/C18H17N3O3S/c1-21(11-16-19-14-9-5-6-10-15(14)25-16)18(23)20-13-8-4-3-7-12(13)17(22)24-2/h3-10H,11H2,1-2H3,(H,20,23). The first-order valence-corrected chi connectivity index (χ1v) is 8.44. The number of hydrogen-bond acceptors (Lipinski definition) is 5. The predicted molar refractivity (Wildman–Crippen MR) is 97.9 cm³/mol. The molecule has 1 N–H and O–H groups in total. The number of thiazole rings is 1. The van der Waals surface area contributed by atoms with Crippen LogP contribution in [0.3, 0.4) is 0 Å². The number of anilines is 1. The normalized spacial score (nSPS) is 10.5. The van der Waals surface area contributed by atoms with Gasteiger partial charge in [-0.3, -0.25) is 0 Å². The molecule has 0 bridgehead atoms. The quantitative estimate of drug-likeness (QED) is 0.724. The molecule has 0 saturated heterocycles. The molecule has 3 rings (SSSR count). The van der Waals surface area contributed by atoms with Gasteiger partial charge in [0.25, 0.3) is 0 Å². The minimum absolute atomic E-state index is 0.312. The van der Waals surface area contributed by atoms with Gasteiger partial charge in [0, 0.05) is 7.05 Å². The van der Waals surface area contributed by atoms with Crippen molar-refractivity contribution in [2.24, 2.45) is 0 Å². The number of esters is 1. The van der Waals surface area contributed by atoms with Crippen molar-refractivity contribution >= 4 is 39.2 Å². The van der Waals surface area contributed by atoms with Crippen molar-refractivity contribution < 1.29 is 14.3 Å². The number of methoxy groups -OCH3 is 1. The zero-order valence-corrected chi connectivity index (χ0v) is 14.7. The summed E-state index contributed by atoms with van der Waals surface area (Å²) in [5.74, 6) is -0.496. The van der Waals surface area contributed by atoms with Crippen molar-refractivity contribution in [2.75, 3.05) is 19.5 Å². The van der Waals surface area contributed by atoms with Crippen molar-refractivity contribution in [3.05, 3.63) is 59.1 Å². The van der Waals surface area contributed by atoms with Crippen LogP contribution in [0.4, 0.5) is 10.5 Å². The summed E-state index contributed by atoms with van der Waals surface area (Å²) in [5.41, 5.74) is 1.65. The topological polar surface area (TPSA) is 71.5 Å². The number of nitrogens with one attached hydrogen (secondary N) is 1. The fourth-order valence-electron chi connectivity index (χ4n) is 2.35. The third kappa shape index (κ3) is 3.77. The highest BCUT2D eigenvalue weighted by Gasteiger charge is 2.16. The molecule has 0 saturated carbocycles. The summed E-state index contributed by atoms with van der Waals surface area (Å²) >= 11 is 1.55. The Bertz CT molecular complexity index is 890. The van der Waals surface area contributed by atoms with Crippen LogP contribution in [0.2, 0.25) is 0 Å². The average Bonchev–Trinajstić information content (AvgIpc) is 3.03. The number of amides is 2. The van der Waals surface area contributed by atoms with Crippen molar-refractivity contribution in [1.29, 1.82) is 0 Å². The molecule has 0 unspecified atom stereocenters. The first-order valence-electron chi connectivity index (χ1n) is 7.62. The molecule has 7 heteroatoms. The maximum Gasteiger partial charge on any atom is 0.339 e. The largest absolute Gasteiger partial charge is 0.465 e. The van der Waals surface area contributed by atoms with Gasteiger partial charge in [0.1, 0.15) is 5.01 Å². The maximum atomic E-state index is 12.4. The Morgan fingerprint density at radius 3 is 2.64 bits per heavy atom. The highest BCUT2D eigenvalue weighted by molar-refractivity contribution is 7.18. The molecule has 0 aliphatic heterocycles. The van der Waals surface area contributed by atoms with E-state index in [1.165, 1.54) is 12.0 Å². The number of rotatable bonds is 4. The van der Waals surface area contributed by atoms with Crippen LogP contribution < -0.4 is 5.32 Å². The zero-order valence-electron chi connectivity index (χ0n) is 13.9. The molecule has 25 heavy (non-hydrogen) atoms. The highest BCUT2D eigenvalue weighted by atomic mass is 32.1. The van der Waals surface area contributed by atoms with Gasteiger partial charge in [-0.15, -0.1) is 11.3 Å². The number of ether oxygens (including phenoxy) is 1. The van der Waals surface area contributed by atoms with E-state index in [0.29, 0.717) is 17.8 Å². The van der Waals surface area contributed by atoms with Gasteiger partial charge in [-0.1, -0.05) is 24.3 Å². The van der Waals surface area contributed by atoms with Crippen molar-refractivity contribution in [3.8, 4) is 0 Å². The summed E-state index contributed by atoms with van der Waals surface area (Å²) in [5, 5.41) is 3.59. The minimum atomic E-state index is -0.496. The molecule has 2 amide bonds. The number of urea groups is 1. The first-order chi connectivity index (χ1) is 12.1. The van der Waals surface area contributed by atoms with Crippen LogP contribution in [-0.2, 0) is 11.3 Å². The molecule has 128 valence electrons. The van der Waals surface area contributed by atoms with E-state index in [4.69, 9.17) is 4.74 Å². The van der Waals surface area contributed by atoms with E-state index in [-0.39, 0.29) is 6.03 Å². The number of para-hydroxylation sites is 2. The second-order valence-electron chi connectivity index (χ2n) is 5.40. The number of aromatic nitrogens is 1. The summed E-state index contributed by atoms with van der Waals surface area (Å²) < 4.78 is 5.82. The van der Waals surface area contributed by atoms with E-state index in [1.54, 1.807) is 42.6 Å². The van der Waals surface area contributed by atoms with E-state index >= 15 is 0 Å². The smallest absolute Gasteiger partial charge is 0.339 e. The molecule has 0 radical (unpaired) electrons. The van der Waals surface area contributed by atoms with Crippen LogP contribution in [0.1, 0.15) is 15.4 Å². The minimum Gasteiger partial charge on any atom is -0.465 e. The molecule has 6 nitrogen and oxygen atoms in total. The van der Waals surface area contributed by atoms with E-state index in [9.17, 15) is 9.59 Å². The predicted octanol–water partition coefficient (Wildman–Crippen LogP) is 3.75. The van der Waals surface area contributed by atoms with Gasteiger partial charge in [-0.05, 0) is 24.3 Å². The molecular formula is C18H17N3O3S. The summed E-state index contributed by atoms with van der Waals surface area (Å²) in [6.45, 7) is 0.381. The highest BCUT2D eigenvalue weighted by Crippen LogP contribution is 2.23. The first kappa shape index (κ1) is 16.9. The van der Waals surface area contributed by atoms with Gasteiger partial charge in [-0.25, -0.2) is 14.6 Å². The van der Waals surface area contributed by atoms with Gasteiger partial charge < -0.3 is 15.0 Å². The molecule has 0 spiro atoms. The van der Waals surface area contributed by atoms with Gasteiger partial charge >= 0.3 is 12.0 Å². The van der Waals surface area contributed by atoms with E-state index in [2.05, 4.69) is 10.3 Å². The SMILES string of the molecule is COC(=O)c1ccccc1NC(=O)N(C)Cc1nc2ccccc2s1. The number of hydrogen-bond donors (Lipinski definition) is 1. The van der Waals surface area contributed by atoms with Crippen LogP contribution >= 0.6 is 11.3 Å². The lowest BCUT2D eigenvalue weighted by atomic mass is 10.2. The summed E-state index contributed by atoms with van der Waals surface area (Å²) in [6.07, 6.45) is 0. The Balaban J connectivity index is 1.72. The molecule has 0 fully saturated rings. The van der Waals surface area contributed by atoms with Crippen LogP contribution in [0, 0.1) is 0 Å². The Labute approximate surface area is 149 Å². The number of carbonyl (C=O) groups is 2. The molecule has 0 atom stereocenters. The van der Waals surface area contributed by atoms with Crippen molar-refractivity contribution in [3.63, 3.8) is 0 Å². The molecule has 0 aliphatic carbocycles. The van der Waals surface area contributed by atoms with Gasteiger partial charge in [0.05, 0.1) is 35.1 Å². The van der Waals surface area contributed by atoms with Gasteiger partial charge in [0.2, 0.25) is 0 Å². The molecule has 3 aromatic rings. The molecular weight excluding hydrogens is 338 g/mol. The fourth-order valence-corrected chi connectivity index (χ4v) is 3.37. The number of benzene rings is 2. The summed E-state index contributed by atoms with van der Waals surface area (Å²) in [7, 11) is 2.99. The number of fused-ring (bicyclic) bond motifs is 1. The van der Waals surface area contributed by atoms with Crippen LogP contribution in [0.15, 0.2) is 48.5 Å². The summed E-state index contributed by atoms with van der Waals surface area (Å²) in [6, 6.07) is 14.3. The number of carbonyl (C=O) groups excluding carboxylic acids is 2. The Kier molecular flexibility index (Phi) is 4.95. The average molecular weight is 355 g/mol. The maximum absolute atomic E-state index is 12.4. The second kappa shape index (κ2) is 7.31. The third-order valence-corrected chi connectivity index (χ3v) is 4.65. The lowest BCUT2D eigenvalue weighted by Crippen LogP contribution is -2.31.